The Bertz CT molecular complexity index is 618. The smallest absolute Gasteiger partial charge is 0.338 e. The molecule has 22 heavy (non-hydrogen) atoms. The number of nitro groups is 2. The SMILES string of the molecule is O=C(OC1CNC(=N[N+](=O)[O-])NC1)c1ccc([N+](=O)[O-])cc1. The zero-order chi connectivity index (χ0) is 16.1. The number of nitrogens with one attached hydrogen (secondary N) is 2. The van der Waals surface area contributed by atoms with Crippen LogP contribution in [0.1, 0.15) is 10.4 Å². The van der Waals surface area contributed by atoms with Gasteiger partial charge in [-0.25, -0.2) is 14.9 Å². The Morgan fingerprint density at radius 1 is 1.18 bits per heavy atom. The molecule has 11 nitrogen and oxygen atoms in total. The van der Waals surface area contributed by atoms with Gasteiger partial charge < -0.3 is 15.4 Å². The van der Waals surface area contributed by atoms with E-state index < -0.39 is 22.0 Å². The predicted molar refractivity (Wildman–Crippen MR) is 72.7 cm³/mol. The first-order valence-electron chi connectivity index (χ1n) is 6.12. The third-order valence-corrected chi connectivity index (χ3v) is 2.76. The fourth-order valence-electron chi connectivity index (χ4n) is 1.73. The van der Waals surface area contributed by atoms with E-state index >= 15 is 0 Å². The number of nitrogens with zero attached hydrogens (tertiary/aromatic N) is 3. The van der Waals surface area contributed by atoms with Gasteiger partial charge in [0.15, 0.2) is 5.03 Å². The highest BCUT2D eigenvalue weighted by atomic mass is 16.7. The number of ether oxygens (including phenoxy) is 1. The highest BCUT2D eigenvalue weighted by Crippen LogP contribution is 2.13. The standard InChI is InChI=1S/C11H11N5O6/c17-10(7-1-3-8(4-2-7)15(18)19)22-9-5-12-11(13-6-9)14-16(20)21/h1-4,9H,5-6H2,(H2,12,13,14). The molecule has 0 aliphatic carbocycles. The molecule has 116 valence electrons. The highest BCUT2D eigenvalue weighted by Gasteiger charge is 2.22. The second-order valence-corrected chi connectivity index (χ2v) is 4.28. The van der Waals surface area contributed by atoms with Crippen LogP contribution >= 0.6 is 0 Å². The summed E-state index contributed by atoms with van der Waals surface area (Å²) in [7, 11) is 0. The van der Waals surface area contributed by atoms with E-state index in [1.807, 2.05) is 0 Å². The average Bonchev–Trinajstić information content (AvgIpc) is 2.49. The Balaban J connectivity index is 1.90. The zero-order valence-corrected chi connectivity index (χ0v) is 11.1. The number of esters is 1. The molecule has 0 amide bonds. The van der Waals surface area contributed by atoms with Crippen LogP contribution in [0.5, 0.6) is 0 Å². The summed E-state index contributed by atoms with van der Waals surface area (Å²) in [6, 6.07) is 5.00. The monoisotopic (exact) mass is 309 g/mol. The topological polar surface area (TPSA) is 149 Å². The summed E-state index contributed by atoms with van der Waals surface area (Å²) < 4.78 is 5.17. The van der Waals surface area contributed by atoms with Gasteiger partial charge in [-0.15, -0.1) is 0 Å². The summed E-state index contributed by atoms with van der Waals surface area (Å²) in [5, 5.41) is 28.1. The molecule has 0 atom stereocenters. The number of nitro benzene ring substituents is 1. The van der Waals surface area contributed by atoms with Crippen molar-refractivity contribution < 1.29 is 19.5 Å². The molecule has 0 radical (unpaired) electrons. The minimum absolute atomic E-state index is 0.00682. The van der Waals surface area contributed by atoms with Gasteiger partial charge in [0.1, 0.15) is 11.2 Å². The van der Waals surface area contributed by atoms with Crippen molar-refractivity contribution >= 4 is 17.6 Å². The number of carbonyl (C=O) groups is 1. The molecule has 1 aliphatic rings. The van der Waals surface area contributed by atoms with E-state index in [0.717, 1.165) is 0 Å². The molecule has 11 heteroatoms. The number of non-ortho nitro benzene ring substituents is 1. The molecule has 0 saturated carbocycles. The zero-order valence-electron chi connectivity index (χ0n) is 11.1. The van der Waals surface area contributed by atoms with Crippen LogP contribution in [0.3, 0.4) is 0 Å². The lowest BCUT2D eigenvalue weighted by Crippen LogP contribution is -2.53. The molecule has 1 aliphatic heterocycles. The summed E-state index contributed by atoms with van der Waals surface area (Å²) in [6.45, 7) is 0.330. The summed E-state index contributed by atoms with van der Waals surface area (Å²) in [4.78, 5) is 32.0. The Morgan fingerprint density at radius 3 is 2.27 bits per heavy atom. The van der Waals surface area contributed by atoms with Crippen LogP contribution < -0.4 is 10.6 Å². The Labute approximate surface area is 123 Å². The molecule has 2 rings (SSSR count). The predicted octanol–water partition coefficient (Wildman–Crippen LogP) is -0.139. The molecule has 0 bridgehead atoms. The first-order chi connectivity index (χ1) is 10.5. The van der Waals surface area contributed by atoms with Crippen LogP contribution in [0.25, 0.3) is 0 Å². The molecule has 0 aromatic heterocycles. The summed E-state index contributed by atoms with van der Waals surface area (Å²) >= 11 is 0. The van der Waals surface area contributed by atoms with E-state index in [1.165, 1.54) is 24.3 Å². The minimum atomic E-state index is -0.849. The number of carbonyl (C=O) groups excluding carboxylic acids is 1. The van der Waals surface area contributed by atoms with Gasteiger partial charge in [0, 0.05) is 12.1 Å². The largest absolute Gasteiger partial charge is 0.455 e. The van der Waals surface area contributed by atoms with E-state index in [0.29, 0.717) is 0 Å². The van der Waals surface area contributed by atoms with Crippen molar-refractivity contribution in [3.8, 4) is 0 Å². The first kappa shape index (κ1) is 15.2. The summed E-state index contributed by atoms with van der Waals surface area (Å²) in [6.07, 6.45) is -0.548. The molecule has 1 saturated heterocycles. The number of hydrazone groups is 1. The molecular formula is C11H11N5O6. The van der Waals surface area contributed by atoms with Crippen LogP contribution in [0, 0.1) is 20.2 Å². The maximum absolute atomic E-state index is 11.9. The van der Waals surface area contributed by atoms with Gasteiger partial charge in [-0.3, -0.25) is 10.1 Å². The molecule has 0 spiro atoms. The highest BCUT2D eigenvalue weighted by molar-refractivity contribution is 5.90. The molecular weight excluding hydrogens is 298 g/mol. The first-order valence-corrected chi connectivity index (χ1v) is 6.12. The fourth-order valence-corrected chi connectivity index (χ4v) is 1.73. The average molecular weight is 309 g/mol. The maximum atomic E-state index is 11.9. The maximum Gasteiger partial charge on any atom is 0.338 e. The number of rotatable bonds is 4. The van der Waals surface area contributed by atoms with Crippen LogP contribution in [-0.4, -0.2) is 41.1 Å². The van der Waals surface area contributed by atoms with Gasteiger partial charge in [0.05, 0.1) is 23.6 Å². The van der Waals surface area contributed by atoms with Gasteiger partial charge in [0.25, 0.3) is 11.6 Å². The van der Waals surface area contributed by atoms with Crippen LogP contribution in [0.2, 0.25) is 0 Å². The van der Waals surface area contributed by atoms with Crippen molar-refractivity contribution in [1.82, 2.24) is 10.6 Å². The van der Waals surface area contributed by atoms with Crippen LogP contribution in [0.15, 0.2) is 29.4 Å². The van der Waals surface area contributed by atoms with E-state index in [1.54, 1.807) is 0 Å². The fraction of sp³-hybridized carbons (Fsp3) is 0.273. The second kappa shape index (κ2) is 6.47. The van der Waals surface area contributed by atoms with Crippen LogP contribution in [-0.2, 0) is 4.74 Å². The minimum Gasteiger partial charge on any atom is -0.455 e. The normalized spacial score (nSPS) is 16.9. The van der Waals surface area contributed by atoms with Crippen molar-refractivity contribution in [2.45, 2.75) is 6.10 Å². The molecule has 1 fully saturated rings. The van der Waals surface area contributed by atoms with Crippen molar-refractivity contribution in [2.24, 2.45) is 5.10 Å². The van der Waals surface area contributed by atoms with Crippen molar-refractivity contribution in [3.63, 3.8) is 0 Å². The van der Waals surface area contributed by atoms with E-state index in [4.69, 9.17) is 4.74 Å². The molecule has 1 aromatic rings. The number of guanidine groups is 1. The van der Waals surface area contributed by atoms with E-state index in [9.17, 15) is 25.0 Å². The summed E-state index contributed by atoms with van der Waals surface area (Å²) in [5.41, 5.74) is 0.0496. The quantitative estimate of drug-likeness (QED) is 0.443. The lowest BCUT2D eigenvalue weighted by molar-refractivity contribution is -0.485. The van der Waals surface area contributed by atoms with Gasteiger partial charge in [0.2, 0.25) is 0 Å². The van der Waals surface area contributed by atoms with Gasteiger partial charge in [-0.2, -0.15) is 0 Å². The van der Waals surface area contributed by atoms with Crippen molar-refractivity contribution in [3.05, 3.63) is 50.1 Å². The van der Waals surface area contributed by atoms with Crippen molar-refractivity contribution in [2.75, 3.05) is 13.1 Å². The van der Waals surface area contributed by atoms with Gasteiger partial charge in [-0.05, 0) is 12.1 Å². The molecule has 0 unspecified atom stereocenters. The lowest BCUT2D eigenvalue weighted by atomic mass is 10.2. The Kier molecular flexibility index (Phi) is 4.46. The molecule has 2 N–H and O–H groups in total. The third-order valence-electron chi connectivity index (χ3n) is 2.76. The van der Waals surface area contributed by atoms with E-state index in [-0.39, 0.29) is 30.3 Å². The van der Waals surface area contributed by atoms with Crippen LogP contribution in [0.4, 0.5) is 5.69 Å². The van der Waals surface area contributed by atoms with Gasteiger partial charge in [-0.1, -0.05) is 0 Å². The molecule has 1 aromatic carbocycles. The summed E-state index contributed by atoms with van der Waals surface area (Å²) in [5.74, 6) is -0.647. The lowest BCUT2D eigenvalue weighted by Gasteiger charge is -2.24. The number of benzene rings is 1. The number of hydrogen-bond acceptors (Lipinski definition) is 6. The van der Waals surface area contributed by atoms with Gasteiger partial charge >= 0.3 is 5.97 Å². The number of hydrogen-bond donors (Lipinski definition) is 2. The van der Waals surface area contributed by atoms with E-state index in [2.05, 4.69) is 15.7 Å². The molecule has 1 heterocycles. The van der Waals surface area contributed by atoms with Crippen molar-refractivity contribution in [1.29, 1.82) is 0 Å². The third kappa shape index (κ3) is 3.88. The Hall–Kier alpha value is -3.24. The Morgan fingerprint density at radius 2 is 1.77 bits per heavy atom. The second-order valence-electron chi connectivity index (χ2n) is 4.28.